The maximum absolute atomic E-state index is 12.6. The highest BCUT2D eigenvalue weighted by Gasteiger charge is 2.25. The summed E-state index contributed by atoms with van der Waals surface area (Å²) in [6.07, 6.45) is 2.99. The molecule has 1 aliphatic rings. The summed E-state index contributed by atoms with van der Waals surface area (Å²) in [5, 5.41) is 3.27. The molecular weight excluding hydrogens is 394 g/mol. The van der Waals surface area contributed by atoms with Crippen molar-refractivity contribution in [2.75, 3.05) is 10.0 Å². The van der Waals surface area contributed by atoms with Crippen LogP contribution in [0.2, 0.25) is 0 Å². The number of sulfonamides is 1. The van der Waals surface area contributed by atoms with Crippen LogP contribution in [0, 0.1) is 19.8 Å². The van der Waals surface area contributed by atoms with Gasteiger partial charge in [-0.15, -0.1) is 0 Å². The lowest BCUT2D eigenvalue weighted by Crippen LogP contribution is -2.28. The molecule has 1 heterocycles. The molecule has 0 unspecified atom stereocenters. The third kappa shape index (κ3) is 3.74. The Labute approximate surface area is 168 Å². The van der Waals surface area contributed by atoms with Crippen molar-refractivity contribution >= 4 is 48.3 Å². The Morgan fingerprint density at radius 2 is 1.86 bits per heavy atom. The molecule has 1 aromatic heterocycles. The molecule has 4 rings (SSSR count). The number of nitrogens with one attached hydrogen (secondary N) is 2. The van der Waals surface area contributed by atoms with Crippen LogP contribution >= 0.6 is 11.3 Å². The van der Waals surface area contributed by atoms with Crippen LogP contribution in [0.25, 0.3) is 10.2 Å². The molecule has 2 N–H and O–H groups in total. The molecule has 0 bridgehead atoms. The SMILES string of the molecule is Cc1ccc(S(=O)(=O)Nc2nc3c(C)cc(NC(=O)C4CCC4)cc3s2)cc1. The van der Waals surface area contributed by atoms with Gasteiger partial charge in [-0.3, -0.25) is 9.52 Å². The number of anilines is 2. The molecule has 8 heteroatoms. The summed E-state index contributed by atoms with van der Waals surface area (Å²) in [5.74, 6) is 0.157. The second-order valence-electron chi connectivity index (χ2n) is 7.19. The Bertz CT molecular complexity index is 1150. The molecule has 0 saturated heterocycles. The molecule has 146 valence electrons. The van der Waals surface area contributed by atoms with E-state index in [9.17, 15) is 13.2 Å². The van der Waals surface area contributed by atoms with Gasteiger partial charge in [0, 0.05) is 11.6 Å². The van der Waals surface area contributed by atoms with Crippen molar-refractivity contribution < 1.29 is 13.2 Å². The first-order valence-corrected chi connectivity index (χ1v) is 11.4. The fraction of sp³-hybridized carbons (Fsp3) is 0.300. The second-order valence-corrected chi connectivity index (χ2v) is 9.91. The van der Waals surface area contributed by atoms with E-state index in [1.807, 2.05) is 26.0 Å². The van der Waals surface area contributed by atoms with Gasteiger partial charge in [0.2, 0.25) is 5.91 Å². The van der Waals surface area contributed by atoms with Crippen molar-refractivity contribution in [3.63, 3.8) is 0 Å². The molecule has 0 aliphatic heterocycles. The predicted molar refractivity (Wildman–Crippen MR) is 112 cm³/mol. The molecule has 2 aromatic carbocycles. The van der Waals surface area contributed by atoms with Gasteiger partial charge in [0.25, 0.3) is 10.0 Å². The van der Waals surface area contributed by atoms with Gasteiger partial charge in [-0.25, -0.2) is 13.4 Å². The van der Waals surface area contributed by atoms with Crippen molar-refractivity contribution in [3.05, 3.63) is 47.5 Å². The number of rotatable bonds is 5. The van der Waals surface area contributed by atoms with E-state index in [1.54, 1.807) is 24.3 Å². The van der Waals surface area contributed by atoms with Crippen LogP contribution in [0.4, 0.5) is 10.8 Å². The van der Waals surface area contributed by atoms with E-state index in [1.165, 1.54) is 11.3 Å². The number of fused-ring (bicyclic) bond motifs is 1. The molecule has 1 aliphatic carbocycles. The zero-order valence-electron chi connectivity index (χ0n) is 15.7. The molecule has 28 heavy (non-hydrogen) atoms. The molecule has 0 atom stereocenters. The summed E-state index contributed by atoms with van der Waals surface area (Å²) in [7, 11) is -3.70. The van der Waals surface area contributed by atoms with Gasteiger partial charge in [0.1, 0.15) is 0 Å². The predicted octanol–water partition coefficient (Wildman–Crippen LogP) is 4.45. The normalized spacial score (nSPS) is 14.6. The summed E-state index contributed by atoms with van der Waals surface area (Å²) in [6, 6.07) is 10.4. The average molecular weight is 416 g/mol. The topological polar surface area (TPSA) is 88.2 Å². The van der Waals surface area contributed by atoms with Gasteiger partial charge < -0.3 is 5.32 Å². The largest absolute Gasteiger partial charge is 0.326 e. The van der Waals surface area contributed by atoms with E-state index in [0.29, 0.717) is 5.13 Å². The van der Waals surface area contributed by atoms with Crippen molar-refractivity contribution in [2.24, 2.45) is 5.92 Å². The number of carbonyl (C=O) groups is 1. The average Bonchev–Trinajstić information content (AvgIpc) is 2.95. The van der Waals surface area contributed by atoms with Crippen LogP contribution in [0.15, 0.2) is 41.3 Å². The van der Waals surface area contributed by atoms with Gasteiger partial charge in [0.05, 0.1) is 15.1 Å². The van der Waals surface area contributed by atoms with Gasteiger partial charge >= 0.3 is 0 Å². The van der Waals surface area contributed by atoms with Crippen LogP contribution in [0.3, 0.4) is 0 Å². The molecule has 0 radical (unpaired) electrons. The Balaban J connectivity index is 1.59. The van der Waals surface area contributed by atoms with Crippen LogP contribution in [0.5, 0.6) is 0 Å². The smallest absolute Gasteiger partial charge is 0.263 e. The van der Waals surface area contributed by atoms with Crippen molar-refractivity contribution in [2.45, 2.75) is 38.0 Å². The lowest BCUT2D eigenvalue weighted by atomic mass is 9.85. The second kappa shape index (κ2) is 7.18. The van der Waals surface area contributed by atoms with Crippen LogP contribution in [-0.2, 0) is 14.8 Å². The molecule has 6 nitrogen and oxygen atoms in total. The van der Waals surface area contributed by atoms with E-state index in [2.05, 4.69) is 15.0 Å². The molecule has 1 fully saturated rings. The zero-order valence-corrected chi connectivity index (χ0v) is 17.3. The van der Waals surface area contributed by atoms with Crippen molar-refractivity contribution in [1.29, 1.82) is 0 Å². The fourth-order valence-corrected chi connectivity index (χ4v) is 5.34. The number of carbonyl (C=O) groups excluding carboxylic acids is 1. The Hall–Kier alpha value is -2.45. The summed E-state index contributed by atoms with van der Waals surface area (Å²) in [5.41, 5.74) is 3.33. The number of hydrogen-bond donors (Lipinski definition) is 2. The van der Waals surface area contributed by atoms with E-state index >= 15 is 0 Å². The highest BCUT2D eigenvalue weighted by atomic mass is 32.2. The minimum Gasteiger partial charge on any atom is -0.326 e. The number of amides is 1. The number of nitrogens with zero attached hydrogens (tertiary/aromatic N) is 1. The summed E-state index contributed by atoms with van der Waals surface area (Å²) < 4.78 is 28.6. The standard InChI is InChI=1S/C20H21N3O3S2/c1-12-6-8-16(9-7-12)28(25,26)23-20-22-18-13(2)10-15(11-17(18)27-20)21-19(24)14-4-3-5-14/h6-11,14H,3-5H2,1-2H3,(H,21,24)(H,22,23). The highest BCUT2D eigenvalue weighted by molar-refractivity contribution is 7.93. The third-order valence-corrected chi connectivity index (χ3v) is 7.38. The zero-order chi connectivity index (χ0) is 19.9. The van der Waals surface area contributed by atoms with Crippen LogP contribution < -0.4 is 10.0 Å². The summed E-state index contributed by atoms with van der Waals surface area (Å²) in [4.78, 5) is 16.8. The minimum atomic E-state index is -3.70. The maximum atomic E-state index is 12.6. The summed E-state index contributed by atoms with van der Waals surface area (Å²) >= 11 is 1.25. The van der Waals surface area contributed by atoms with Gasteiger partial charge in [-0.2, -0.15) is 0 Å². The van der Waals surface area contributed by atoms with Gasteiger partial charge in [-0.1, -0.05) is 35.5 Å². The van der Waals surface area contributed by atoms with E-state index in [4.69, 9.17) is 0 Å². The van der Waals surface area contributed by atoms with E-state index < -0.39 is 10.0 Å². The van der Waals surface area contributed by atoms with Gasteiger partial charge in [0.15, 0.2) is 5.13 Å². The number of benzene rings is 2. The first-order valence-electron chi connectivity index (χ1n) is 9.13. The monoisotopic (exact) mass is 415 g/mol. The van der Waals surface area contributed by atoms with Crippen LogP contribution in [-0.4, -0.2) is 19.3 Å². The molecule has 1 saturated carbocycles. The van der Waals surface area contributed by atoms with Crippen molar-refractivity contribution in [1.82, 2.24) is 4.98 Å². The number of aromatic nitrogens is 1. The first kappa shape index (κ1) is 18.9. The van der Waals surface area contributed by atoms with Crippen LogP contribution in [0.1, 0.15) is 30.4 Å². The Morgan fingerprint density at radius 1 is 1.14 bits per heavy atom. The molecule has 0 spiro atoms. The number of hydrogen-bond acceptors (Lipinski definition) is 5. The third-order valence-electron chi connectivity index (χ3n) is 4.98. The van der Waals surface area contributed by atoms with E-state index in [0.717, 1.165) is 46.3 Å². The highest BCUT2D eigenvalue weighted by Crippen LogP contribution is 2.33. The Morgan fingerprint density at radius 3 is 2.50 bits per heavy atom. The first-order chi connectivity index (χ1) is 13.3. The Kier molecular flexibility index (Phi) is 4.84. The lowest BCUT2D eigenvalue weighted by molar-refractivity contribution is -0.122. The molecule has 1 amide bonds. The number of thiazole rings is 1. The van der Waals surface area contributed by atoms with Crippen molar-refractivity contribution in [3.8, 4) is 0 Å². The minimum absolute atomic E-state index is 0.0508. The quantitative estimate of drug-likeness (QED) is 0.644. The molecular formula is C20H21N3O3S2. The van der Waals surface area contributed by atoms with Gasteiger partial charge in [-0.05, 0) is 56.5 Å². The lowest BCUT2D eigenvalue weighted by Gasteiger charge is -2.24. The van der Waals surface area contributed by atoms with E-state index in [-0.39, 0.29) is 16.7 Å². The molecule has 3 aromatic rings. The fourth-order valence-electron chi connectivity index (χ4n) is 3.12. The summed E-state index contributed by atoms with van der Waals surface area (Å²) in [6.45, 7) is 3.81. The maximum Gasteiger partial charge on any atom is 0.263 e. The number of aryl methyl sites for hydroxylation is 2.